The number of imide groups is 1. The number of anilines is 1. The zero-order valence-corrected chi connectivity index (χ0v) is 26.8. The number of ether oxygens (including phenoxy) is 1. The fourth-order valence-corrected chi connectivity index (χ4v) is 9.03. The summed E-state index contributed by atoms with van der Waals surface area (Å²) in [4.78, 5) is 50.1. The van der Waals surface area contributed by atoms with Crippen molar-refractivity contribution in [1.29, 1.82) is 0 Å². The standard InChI is InChI=1S/C34H30ClN5O6S/c35-25-7-5-24-18-27(8-6-23(24)17-25)47(44,45)38-19-30(41)40-20-33(11-15-37(16-12-33)26-9-13-36-14-10-26)46-34(40,21-38)22-39-31(42)28-3-1-2-4-29(28)32(39)43/h1-10,13-14,17-18H,11-12,15-16,19-22H2. The number of carbonyl (C=O) groups is 3. The highest BCUT2D eigenvalue weighted by molar-refractivity contribution is 7.89. The molecule has 3 aromatic carbocycles. The number of hydrogen-bond donors (Lipinski definition) is 0. The van der Waals surface area contributed by atoms with Crippen molar-refractivity contribution in [1.82, 2.24) is 19.1 Å². The van der Waals surface area contributed by atoms with Gasteiger partial charge in [-0.2, -0.15) is 4.31 Å². The molecule has 3 saturated heterocycles. The lowest BCUT2D eigenvalue weighted by Gasteiger charge is -2.46. The van der Waals surface area contributed by atoms with Crippen LogP contribution in [0.1, 0.15) is 33.6 Å². The molecule has 1 unspecified atom stereocenters. The zero-order chi connectivity index (χ0) is 32.6. The van der Waals surface area contributed by atoms with E-state index in [1.807, 2.05) is 12.1 Å². The SMILES string of the molecule is O=C1c2ccccc2C(=O)N1CC12CN(S(=O)(=O)c3ccc4cc(Cl)ccc4c3)CC(=O)N1CC1(CCN(c3ccncc3)CC1)O2. The van der Waals surface area contributed by atoms with Crippen molar-refractivity contribution < 1.29 is 27.5 Å². The molecule has 5 heterocycles. The van der Waals surface area contributed by atoms with E-state index in [4.69, 9.17) is 16.3 Å². The second-order valence-corrected chi connectivity index (χ2v) is 14.9. The van der Waals surface area contributed by atoms with E-state index in [2.05, 4.69) is 9.88 Å². The highest BCUT2D eigenvalue weighted by Gasteiger charge is 2.62. The van der Waals surface area contributed by atoms with Crippen LogP contribution in [0, 0.1) is 0 Å². The molecule has 4 aliphatic rings. The number of amides is 3. The molecule has 0 N–H and O–H groups in total. The van der Waals surface area contributed by atoms with Gasteiger partial charge in [0.1, 0.15) is 0 Å². The number of aromatic nitrogens is 1. The summed E-state index contributed by atoms with van der Waals surface area (Å²) in [6, 6.07) is 20.3. The van der Waals surface area contributed by atoms with Crippen molar-refractivity contribution in [2.75, 3.05) is 44.2 Å². The Balaban J connectivity index is 1.15. The highest BCUT2D eigenvalue weighted by atomic mass is 35.5. The molecule has 47 heavy (non-hydrogen) atoms. The number of hydrogen-bond acceptors (Lipinski definition) is 8. The zero-order valence-electron chi connectivity index (χ0n) is 25.2. The molecule has 240 valence electrons. The van der Waals surface area contributed by atoms with Crippen LogP contribution in [0.2, 0.25) is 5.02 Å². The number of piperidine rings is 1. The smallest absolute Gasteiger partial charge is 0.261 e. The van der Waals surface area contributed by atoms with Crippen LogP contribution in [0.25, 0.3) is 10.8 Å². The maximum absolute atomic E-state index is 14.2. The number of carbonyl (C=O) groups excluding carboxylic acids is 3. The van der Waals surface area contributed by atoms with Crippen LogP contribution in [0.15, 0.2) is 90.1 Å². The van der Waals surface area contributed by atoms with Crippen LogP contribution in [0.4, 0.5) is 5.69 Å². The third-order valence-corrected chi connectivity index (χ3v) is 11.8. The normalized spacial score (nSPS) is 22.7. The van der Waals surface area contributed by atoms with Crippen molar-refractivity contribution in [3.63, 3.8) is 0 Å². The number of fused-ring (bicyclic) bond motifs is 3. The van der Waals surface area contributed by atoms with E-state index in [9.17, 15) is 22.8 Å². The molecule has 0 saturated carbocycles. The number of piperazine rings is 1. The Labute approximate surface area is 276 Å². The average Bonchev–Trinajstić information content (AvgIpc) is 3.52. The largest absolute Gasteiger partial charge is 0.371 e. The predicted octanol–water partition coefficient (Wildman–Crippen LogP) is 3.78. The number of rotatable bonds is 5. The molecule has 1 spiro atoms. The van der Waals surface area contributed by atoms with E-state index >= 15 is 0 Å². The molecule has 4 aliphatic heterocycles. The fraction of sp³-hybridized carbons (Fsp3) is 0.294. The van der Waals surface area contributed by atoms with E-state index in [0.29, 0.717) is 36.3 Å². The molecule has 1 aromatic heterocycles. The maximum atomic E-state index is 14.2. The van der Waals surface area contributed by atoms with Crippen molar-refractivity contribution >= 4 is 55.8 Å². The Morgan fingerprint density at radius 3 is 2.19 bits per heavy atom. The summed E-state index contributed by atoms with van der Waals surface area (Å²) in [5, 5.41) is 1.99. The molecule has 0 bridgehead atoms. The van der Waals surface area contributed by atoms with Crippen LogP contribution < -0.4 is 4.90 Å². The summed E-state index contributed by atoms with van der Waals surface area (Å²) >= 11 is 6.13. The summed E-state index contributed by atoms with van der Waals surface area (Å²) in [7, 11) is -4.20. The van der Waals surface area contributed by atoms with E-state index in [0.717, 1.165) is 20.3 Å². The van der Waals surface area contributed by atoms with E-state index in [-0.39, 0.29) is 35.7 Å². The second kappa shape index (κ2) is 10.8. The molecule has 0 aliphatic carbocycles. The predicted molar refractivity (Wildman–Crippen MR) is 173 cm³/mol. The van der Waals surface area contributed by atoms with Gasteiger partial charge in [0.15, 0.2) is 5.72 Å². The Bertz CT molecular complexity index is 2030. The van der Waals surface area contributed by atoms with E-state index in [1.54, 1.807) is 71.9 Å². The van der Waals surface area contributed by atoms with Gasteiger partial charge in [-0.3, -0.25) is 24.3 Å². The molecule has 8 rings (SSSR count). The molecule has 13 heteroatoms. The molecular formula is C34H30ClN5O6S. The van der Waals surface area contributed by atoms with Crippen molar-refractivity contribution in [3.05, 3.63) is 101 Å². The van der Waals surface area contributed by atoms with Crippen LogP contribution >= 0.6 is 11.6 Å². The first kappa shape index (κ1) is 30.0. The molecular weight excluding hydrogens is 642 g/mol. The topological polar surface area (TPSA) is 120 Å². The second-order valence-electron chi connectivity index (χ2n) is 12.6. The van der Waals surface area contributed by atoms with Gasteiger partial charge in [-0.15, -0.1) is 0 Å². The third kappa shape index (κ3) is 4.89. The molecule has 1 atom stereocenters. The number of benzene rings is 3. The first-order chi connectivity index (χ1) is 22.6. The quantitative estimate of drug-likeness (QED) is 0.294. The van der Waals surface area contributed by atoms with Crippen LogP contribution in [0.5, 0.6) is 0 Å². The summed E-state index contributed by atoms with van der Waals surface area (Å²) in [5.74, 6) is -1.45. The van der Waals surface area contributed by atoms with Gasteiger partial charge in [0.25, 0.3) is 11.8 Å². The van der Waals surface area contributed by atoms with Gasteiger partial charge in [-0.05, 0) is 72.1 Å². The van der Waals surface area contributed by atoms with Crippen molar-refractivity contribution in [2.45, 2.75) is 29.1 Å². The molecule has 11 nitrogen and oxygen atoms in total. The van der Waals surface area contributed by atoms with Crippen LogP contribution in [-0.2, 0) is 19.6 Å². The van der Waals surface area contributed by atoms with Crippen LogP contribution in [0.3, 0.4) is 0 Å². The van der Waals surface area contributed by atoms with Crippen molar-refractivity contribution in [3.8, 4) is 0 Å². The van der Waals surface area contributed by atoms with Gasteiger partial charge in [-0.1, -0.05) is 35.9 Å². The number of nitrogens with zero attached hydrogens (tertiary/aromatic N) is 5. The summed E-state index contributed by atoms with van der Waals surface area (Å²) in [6.45, 7) is 0.555. The summed E-state index contributed by atoms with van der Waals surface area (Å²) in [5.41, 5.74) is -0.820. The van der Waals surface area contributed by atoms with E-state index in [1.165, 1.54) is 6.07 Å². The minimum Gasteiger partial charge on any atom is -0.371 e. The molecule has 0 radical (unpaired) electrons. The maximum Gasteiger partial charge on any atom is 0.261 e. The van der Waals surface area contributed by atoms with Crippen LogP contribution in [-0.4, -0.2) is 95.8 Å². The molecule has 3 amide bonds. The monoisotopic (exact) mass is 671 g/mol. The molecule has 4 aromatic rings. The third-order valence-electron chi connectivity index (χ3n) is 9.78. The minimum atomic E-state index is -4.20. The number of sulfonamides is 1. The first-order valence-corrected chi connectivity index (χ1v) is 17.2. The number of halogens is 1. The molecule has 3 fully saturated rings. The van der Waals surface area contributed by atoms with Gasteiger partial charge in [-0.25, -0.2) is 8.42 Å². The Hall–Kier alpha value is -4.36. The lowest BCUT2D eigenvalue weighted by atomic mass is 9.91. The lowest BCUT2D eigenvalue weighted by molar-refractivity contribution is -0.180. The first-order valence-electron chi connectivity index (χ1n) is 15.4. The lowest BCUT2D eigenvalue weighted by Crippen LogP contribution is -2.67. The summed E-state index contributed by atoms with van der Waals surface area (Å²) in [6.07, 6.45) is 4.59. The Morgan fingerprint density at radius 1 is 0.830 bits per heavy atom. The number of pyridine rings is 1. The Kier molecular flexibility index (Phi) is 6.92. The van der Waals surface area contributed by atoms with E-state index < -0.39 is 45.6 Å². The van der Waals surface area contributed by atoms with Gasteiger partial charge >= 0.3 is 0 Å². The fourth-order valence-electron chi connectivity index (χ4n) is 7.38. The summed E-state index contributed by atoms with van der Waals surface area (Å²) < 4.78 is 36.5. The van der Waals surface area contributed by atoms with Gasteiger partial charge in [0.05, 0.1) is 47.8 Å². The van der Waals surface area contributed by atoms with Gasteiger partial charge < -0.3 is 14.5 Å². The Morgan fingerprint density at radius 2 is 1.49 bits per heavy atom. The average molecular weight is 672 g/mol. The van der Waals surface area contributed by atoms with Gasteiger partial charge in [0.2, 0.25) is 15.9 Å². The minimum absolute atomic E-state index is 0.0165. The van der Waals surface area contributed by atoms with Crippen molar-refractivity contribution in [2.24, 2.45) is 0 Å². The van der Waals surface area contributed by atoms with Gasteiger partial charge in [0, 0.05) is 36.2 Å². The highest BCUT2D eigenvalue weighted by Crippen LogP contribution is 2.45.